The van der Waals surface area contributed by atoms with Crippen molar-refractivity contribution >= 4 is 11.5 Å². The van der Waals surface area contributed by atoms with E-state index in [0.717, 1.165) is 66.9 Å². The Bertz CT molecular complexity index is 1630. The van der Waals surface area contributed by atoms with Gasteiger partial charge in [-0.05, 0) is 65.3 Å². The first-order valence-corrected chi connectivity index (χ1v) is 14.8. The lowest BCUT2D eigenvalue weighted by Crippen LogP contribution is -2.41. The molecular formula is C33H39N7O2. The predicted octanol–water partition coefficient (Wildman–Crippen LogP) is 5.13. The number of H-pyrrole nitrogens is 1. The van der Waals surface area contributed by atoms with Gasteiger partial charge in [-0.25, -0.2) is 14.9 Å². The summed E-state index contributed by atoms with van der Waals surface area (Å²) in [5.41, 5.74) is 5.30. The monoisotopic (exact) mass is 565 g/mol. The van der Waals surface area contributed by atoms with Gasteiger partial charge in [0.05, 0.1) is 23.4 Å². The van der Waals surface area contributed by atoms with Crippen LogP contribution in [0.25, 0.3) is 28.1 Å². The van der Waals surface area contributed by atoms with Crippen LogP contribution >= 0.6 is 0 Å². The summed E-state index contributed by atoms with van der Waals surface area (Å²) in [5.74, 6) is 3.48. The number of likely N-dealkylation sites (tertiary alicyclic amines) is 1. The number of carbonyl (C=O) groups excluding carboxylic acids is 1. The average molecular weight is 566 g/mol. The van der Waals surface area contributed by atoms with Crippen molar-refractivity contribution in [2.75, 3.05) is 19.6 Å². The predicted molar refractivity (Wildman–Crippen MR) is 165 cm³/mol. The molecule has 5 rings (SSSR count). The lowest BCUT2D eigenvalue weighted by Gasteiger charge is -2.38. The molecule has 1 saturated heterocycles. The van der Waals surface area contributed by atoms with Gasteiger partial charge < -0.3 is 0 Å². The highest BCUT2D eigenvalue weighted by atomic mass is 16.1. The fraction of sp³-hybridized carbons (Fsp3) is 0.424. The third kappa shape index (κ3) is 6.48. The van der Waals surface area contributed by atoms with Crippen LogP contribution in [0.15, 0.2) is 53.3 Å². The van der Waals surface area contributed by atoms with E-state index in [1.165, 1.54) is 0 Å². The second kappa shape index (κ2) is 12.8. The maximum absolute atomic E-state index is 14.1. The van der Waals surface area contributed by atoms with Gasteiger partial charge in [0.1, 0.15) is 11.8 Å². The second-order valence-corrected chi connectivity index (χ2v) is 12.0. The molecule has 2 aromatic carbocycles. The van der Waals surface area contributed by atoms with E-state index in [9.17, 15) is 9.59 Å². The molecule has 0 atom stereocenters. The van der Waals surface area contributed by atoms with Crippen LogP contribution in [0.4, 0.5) is 0 Å². The molecule has 218 valence electrons. The van der Waals surface area contributed by atoms with Crippen LogP contribution in [-0.4, -0.2) is 60.7 Å². The van der Waals surface area contributed by atoms with Crippen molar-refractivity contribution in [2.24, 2.45) is 5.41 Å². The maximum Gasteiger partial charge on any atom is 0.262 e. The lowest BCUT2D eigenvalue weighted by atomic mass is 9.84. The SMILES string of the molecule is CCCCc1nc(C)c(C(=C=O)CN2CCCC(C)(C)C2)c(=O)n1Cc1ccc(-c2ccccc2-c2nnn[nH]2)cc1. The van der Waals surface area contributed by atoms with E-state index in [4.69, 9.17) is 4.98 Å². The van der Waals surface area contributed by atoms with Gasteiger partial charge in [-0.15, -0.1) is 5.10 Å². The molecule has 4 aromatic rings. The van der Waals surface area contributed by atoms with Gasteiger partial charge in [0.2, 0.25) is 0 Å². The van der Waals surface area contributed by atoms with Crippen molar-refractivity contribution in [2.45, 2.75) is 66.3 Å². The van der Waals surface area contributed by atoms with Crippen LogP contribution in [0.1, 0.15) is 69.1 Å². The zero-order valence-corrected chi connectivity index (χ0v) is 25.0. The first-order chi connectivity index (χ1) is 20.3. The third-order valence-corrected chi connectivity index (χ3v) is 8.10. The number of unbranched alkanes of at least 4 members (excludes halogenated alkanes) is 1. The Kier molecular flexibility index (Phi) is 8.90. The Balaban J connectivity index is 1.47. The standard InChI is InChI=1S/C33H39N7O2/c1-5-6-12-29-34-23(2)30(26(21-41)20-39-18-9-17-33(3,4)22-39)32(42)40(29)19-24-13-15-25(16-14-24)27-10-7-8-11-28(27)31-35-37-38-36-31/h7-8,10-11,13-16H,5-6,9,12,17-20,22H2,1-4H3,(H,35,36,37,38). The van der Waals surface area contributed by atoms with Crippen molar-refractivity contribution in [3.63, 3.8) is 0 Å². The van der Waals surface area contributed by atoms with Crippen molar-refractivity contribution in [3.8, 4) is 22.5 Å². The summed E-state index contributed by atoms with van der Waals surface area (Å²) in [6.45, 7) is 11.0. The summed E-state index contributed by atoms with van der Waals surface area (Å²) in [4.78, 5) is 33.5. The quantitative estimate of drug-likeness (QED) is 0.266. The van der Waals surface area contributed by atoms with Crippen LogP contribution in [-0.2, 0) is 17.8 Å². The van der Waals surface area contributed by atoms with E-state index in [1.54, 1.807) is 4.57 Å². The van der Waals surface area contributed by atoms with E-state index in [2.05, 4.69) is 52.2 Å². The smallest absolute Gasteiger partial charge is 0.262 e. The molecule has 1 aliphatic heterocycles. The maximum atomic E-state index is 14.1. The summed E-state index contributed by atoms with van der Waals surface area (Å²) in [6.07, 6.45) is 4.85. The highest BCUT2D eigenvalue weighted by molar-refractivity contribution is 5.89. The van der Waals surface area contributed by atoms with E-state index in [1.807, 2.05) is 55.5 Å². The van der Waals surface area contributed by atoms with Crippen molar-refractivity contribution in [1.29, 1.82) is 0 Å². The molecule has 42 heavy (non-hydrogen) atoms. The van der Waals surface area contributed by atoms with Gasteiger partial charge in [-0.1, -0.05) is 75.7 Å². The molecule has 9 heteroatoms. The fourth-order valence-electron chi connectivity index (χ4n) is 6.01. The average Bonchev–Trinajstić information content (AvgIpc) is 3.52. The molecule has 0 saturated carbocycles. The summed E-state index contributed by atoms with van der Waals surface area (Å²) in [6, 6.07) is 16.1. The second-order valence-electron chi connectivity index (χ2n) is 12.0. The van der Waals surface area contributed by atoms with Crippen molar-refractivity contribution < 1.29 is 4.79 Å². The van der Waals surface area contributed by atoms with Crippen LogP contribution < -0.4 is 5.56 Å². The van der Waals surface area contributed by atoms with Crippen LogP contribution in [0.3, 0.4) is 0 Å². The number of tetrazole rings is 1. The number of hydrogen-bond donors (Lipinski definition) is 1. The summed E-state index contributed by atoms with van der Waals surface area (Å²) in [7, 11) is 0. The van der Waals surface area contributed by atoms with E-state index in [0.29, 0.717) is 42.2 Å². The minimum atomic E-state index is -0.171. The Morgan fingerprint density at radius 2 is 1.86 bits per heavy atom. The van der Waals surface area contributed by atoms with Gasteiger partial charge in [-0.3, -0.25) is 14.3 Å². The minimum Gasteiger partial charge on any atom is -0.298 e. The summed E-state index contributed by atoms with van der Waals surface area (Å²) < 4.78 is 1.75. The van der Waals surface area contributed by atoms with Gasteiger partial charge in [-0.2, -0.15) is 0 Å². The molecule has 0 unspecified atom stereocenters. The molecule has 0 aliphatic carbocycles. The highest BCUT2D eigenvalue weighted by Crippen LogP contribution is 2.31. The van der Waals surface area contributed by atoms with E-state index < -0.39 is 0 Å². The number of rotatable bonds is 10. The van der Waals surface area contributed by atoms with Crippen LogP contribution in [0.2, 0.25) is 0 Å². The van der Waals surface area contributed by atoms with Crippen molar-refractivity contribution in [1.82, 2.24) is 35.1 Å². The Morgan fingerprint density at radius 1 is 1.10 bits per heavy atom. The normalized spacial score (nSPS) is 15.0. The van der Waals surface area contributed by atoms with Gasteiger partial charge in [0.15, 0.2) is 5.82 Å². The molecule has 0 bridgehead atoms. The molecule has 0 amide bonds. The highest BCUT2D eigenvalue weighted by Gasteiger charge is 2.28. The van der Waals surface area contributed by atoms with E-state index in [-0.39, 0.29) is 11.0 Å². The Morgan fingerprint density at radius 3 is 2.52 bits per heavy atom. The largest absolute Gasteiger partial charge is 0.298 e. The molecule has 1 N–H and O–H groups in total. The zero-order valence-electron chi connectivity index (χ0n) is 25.0. The van der Waals surface area contributed by atoms with Gasteiger partial charge >= 0.3 is 0 Å². The van der Waals surface area contributed by atoms with Gasteiger partial charge in [0, 0.05) is 25.1 Å². The third-order valence-electron chi connectivity index (χ3n) is 8.10. The molecule has 0 spiro atoms. The molecule has 1 aliphatic rings. The van der Waals surface area contributed by atoms with Crippen LogP contribution in [0, 0.1) is 12.3 Å². The number of nitrogens with one attached hydrogen (secondary N) is 1. The molecule has 0 radical (unpaired) electrons. The summed E-state index contributed by atoms with van der Waals surface area (Å²) >= 11 is 0. The number of nitrogens with zero attached hydrogens (tertiary/aromatic N) is 6. The Hall–Kier alpha value is -4.20. The Labute approximate surface area is 246 Å². The number of aryl methyl sites for hydroxylation is 2. The topological polar surface area (TPSA) is 110 Å². The molecule has 2 aromatic heterocycles. The first kappa shape index (κ1) is 29.3. The summed E-state index contributed by atoms with van der Waals surface area (Å²) in [5, 5.41) is 14.3. The molecule has 3 heterocycles. The number of hydrogen-bond acceptors (Lipinski definition) is 7. The molecule has 9 nitrogen and oxygen atoms in total. The van der Waals surface area contributed by atoms with E-state index >= 15 is 0 Å². The number of benzene rings is 2. The molecular weight excluding hydrogens is 526 g/mol. The lowest BCUT2D eigenvalue weighted by molar-refractivity contribution is 0.131. The number of aromatic nitrogens is 6. The zero-order chi connectivity index (χ0) is 29.7. The van der Waals surface area contributed by atoms with Crippen molar-refractivity contribution in [3.05, 3.63) is 81.5 Å². The fourth-order valence-corrected chi connectivity index (χ4v) is 6.01. The van der Waals surface area contributed by atoms with Crippen LogP contribution in [0.5, 0.6) is 0 Å². The number of piperidine rings is 1. The molecule has 1 fully saturated rings. The minimum absolute atomic E-state index is 0.171. The number of aromatic amines is 1. The first-order valence-electron chi connectivity index (χ1n) is 14.8. The van der Waals surface area contributed by atoms with Gasteiger partial charge in [0.25, 0.3) is 5.56 Å².